The Kier molecular flexibility index (Phi) is 6.49. The van der Waals surface area contributed by atoms with Crippen molar-refractivity contribution in [2.75, 3.05) is 25.3 Å². The summed E-state index contributed by atoms with van der Waals surface area (Å²) in [7, 11) is -1.75. The molecule has 0 unspecified atom stereocenters. The van der Waals surface area contributed by atoms with Gasteiger partial charge in [0.15, 0.2) is 14.6 Å². The number of nitrogens with one attached hydrogen (secondary N) is 1. The highest BCUT2D eigenvalue weighted by molar-refractivity contribution is 7.90. The van der Waals surface area contributed by atoms with Crippen LogP contribution in [0, 0.1) is 0 Å². The summed E-state index contributed by atoms with van der Waals surface area (Å²) >= 11 is 1.32. The Bertz CT molecular complexity index is 1270. The van der Waals surface area contributed by atoms with Crippen molar-refractivity contribution in [2.45, 2.75) is 18.4 Å². The van der Waals surface area contributed by atoms with Crippen LogP contribution in [0.1, 0.15) is 17.3 Å². The number of carbonyl (C=O) groups is 2. The van der Waals surface area contributed by atoms with Crippen LogP contribution in [0.25, 0.3) is 10.2 Å². The molecule has 0 bridgehead atoms. The number of ether oxygens (including phenoxy) is 1. The molecule has 0 spiro atoms. The number of carbonyl (C=O) groups excluding carboxylic acids is 2. The molecule has 0 saturated carbocycles. The maximum absolute atomic E-state index is 12.7. The highest BCUT2D eigenvalue weighted by Gasteiger charge is 2.12. The zero-order chi connectivity index (χ0) is 21.9. The van der Waals surface area contributed by atoms with Crippen LogP contribution in [0.4, 0.5) is 5.69 Å². The minimum atomic E-state index is -3.34. The van der Waals surface area contributed by atoms with E-state index in [0.717, 1.165) is 16.5 Å². The van der Waals surface area contributed by atoms with E-state index in [1.807, 2.05) is 16.7 Å². The molecule has 30 heavy (non-hydrogen) atoms. The molecule has 0 fully saturated rings. The number of amides is 2. The molecular weight excluding hydrogens is 426 g/mol. The fourth-order valence-electron chi connectivity index (χ4n) is 2.83. The largest absolute Gasteiger partial charge is 0.383 e. The first-order chi connectivity index (χ1) is 14.2. The molecule has 0 aliphatic carbocycles. The van der Waals surface area contributed by atoms with E-state index >= 15 is 0 Å². The number of fused-ring (bicyclic) bond motifs is 1. The number of thiazole rings is 1. The number of nitrogens with zero attached hydrogens (tertiary/aromatic N) is 2. The summed E-state index contributed by atoms with van der Waals surface area (Å²) in [4.78, 5) is 28.9. The lowest BCUT2D eigenvalue weighted by Gasteiger charge is -2.05. The fourth-order valence-corrected chi connectivity index (χ4v) is 4.56. The minimum Gasteiger partial charge on any atom is -0.383 e. The van der Waals surface area contributed by atoms with Gasteiger partial charge in [-0.1, -0.05) is 11.3 Å². The van der Waals surface area contributed by atoms with E-state index in [-0.39, 0.29) is 16.4 Å². The van der Waals surface area contributed by atoms with Crippen molar-refractivity contribution in [3.63, 3.8) is 0 Å². The molecule has 1 N–H and O–H groups in total. The van der Waals surface area contributed by atoms with Gasteiger partial charge in [-0.2, -0.15) is 4.99 Å². The lowest BCUT2D eigenvalue weighted by atomic mass is 10.2. The summed E-state index contributed by atoms with van der Waals surface area (Å²) in [6.07, 6.45) is 1.11. The van der Waals surface area contributed by atoms with Gasteiger partial charge in [0.2, 0.25) is 5.91 Å². The molecule has 0 atom stereocenters. The Morgan fingerprint density at radius 2 is 1.87 bits per heavy atom. The highest BCUT2D eigenvalue weighted by Crippen LogP contribution is 2.22. The van der Waals surface area contributed by atoms with Crippen molar-refractivity contribution < 1.29 is 22.7 Å². The number of rotatable bonds is 6. The molecule has 1 heterocycles. The number of benzene rings is 2. The van der Waals surface area contributed by atoms with E-state index in [1.165, 1.54) is 42.5 Å². The standard InChI is InChI=1S/C20H21N3O5S2/c1-13(24)21-15-6-9-17-18(12-15)29-20(23(17)10-11-28-2)22-19(25)14-4-7-16(8-5-14)30(3,26)27/h4-9,12H,10-11H2,1-3H3,(H,21,24). The van der Waals surface area contributed by atoms with Crippen LogP contribution >= 0.6 is 11.3 Å². The molecule has 0 aliphatic rings. The minimum absolute atomic E-state index is 0.140. The lowest BCUT2D eigenvalue weighted by molar-refractivity contribution is -0.114. The summed E-state index contributed by atoms with van der Waals surface area (Å²) in [5.41, 5.74) is 1.81. The molecule has 1 aromatic heterocycles. The molecule has 0 aliphatic heterocycles. The molecule has 0 radical (unpaired) electrons. The average molecular weight is 448 g/mol. The fraction of sp³-hybridized carbons (Fsp3) is 0.250. The van der Waals surface area contributed by atoms with Crippen molar-refractivity contribution in [1.29, 1.82) is 0 Å². The van der Waals surface area contributed by atoms with Crippen LogP contribution < -0.4 is 10.1 Å². The Labute approximate surface area is 177 Å². The molecule has 3 aromatic rings. The van der Waals surface area contributed by atoms with Crippen LogP contribution in [0.2, 0.25) is 0 Å². The van der Waals surface area contributed by atoms with Crippen molar-refractivity contribution in [1.82, 2.24) is 4.57 Å². The number of aromatic nitrogens is 1. The first-order valence-corrected chi connectivity index (χ1v) is 11.7. The van der Waals surface area contributed by atoms with Crippen LogP contribution in [-0.2, 0) is 25.9 Å². The zero-order valence-corrected chi connectivity index (χ0v) is 18.3. The third kappa shape index (κ3) is 5.02. The molecular formula is C20H21N3O5S2. The second-order valence-corrected chi connectivity index (χ2v) is 9.63. The number of anilines is 1. The normalized spacial score (nSPS) is 12.3. The summed E-state index contributed by atoms with van der Waals surface area (Å²) in [5.74, 6) is -0.648. The molecule has 158 valence electrons. The molecule has 8 nitrogen and oxygen atoms in total. The summed E-state index contributed by atoms with van der Waals surface area (Å²) in [6.45, 7) is 2.37. The van der Waals surface area contributed by atoms with Gasteiger partial charge in [0.25, 0.3) is 5.91 Å². The van der Waals surface area contributed by atoms with Gasteiger partial charge < -0.3 is 14.6 Å². The second kappa shape index (κ2) is 8.90. The maximum Gasteiger partial charge on any atom is 0.279 e. The summed E-state index contributed by atoms with van der Waals surface area (Å²) in [6, 6.07) is 11.2. The predicted octanol–water partition coefficient (Wildman–Crippen LogP) is 2.45. The van der Waals surface area contributed by atoms with Crippen molar-refractivity contribution in [2.24, 2.45) is 4.99 Å². The van der Waals surface area contributed by atoms with Gasteiger partial charge in [0.05, 0.1) is 21.7 Å². The third-order valence-electron chi connectivity index (χ3n) is 4.25. The topological polar surface area (TPSA) is 107 Å². The lowest BCUT2D eigenvalue weighted by Crippen LogP contribution is -2.19. The van der Waals surface area contributed by atoms with Crippen molar-refractivity contribution in [3.05, 3.63) is 52.8 Å². The van der Waals surface area contributed by atoms with Gasteiger partial charge in [-0.25, -0.2) is 8.42 Å². The van der Waals surface area contributed by atoms with E-state index < -0.39 is 15.7 Å². The Hall–Kier alpha value is -2.82. The van der Waals surface area contributed by atoms with Crippen molar-refractivity contribution in [3.8, 4) is 0 Å². The third-order valence-corrected chi connectivity index (χ3v) is 6.42. The van der Waals surface area contributed by atoms with E-state index in [1.54, 1.807) is 13.2 Å². The van der Waals surface area contributed by atoms with Crippen LogP contribution in [-0.4, -0.2) is 44.8 Å². The molecule has 2 amide bonds. The van der Waals surface area contributed by atoms with Crippen LogP contribution in [0.5, 0.6) is 0 Å². The predicted molar refractivity (Wildman–Crippen MR) is 115 cm³/mol. The first-order valence-electron chi connectivity index (χ1n) is 8.98. The quantitative estimate of drug-likeness (QED) is 0.625. The average Bonchev–Trinajstić information content (AvgIpc) is 3.01. The zero-order valence-electron chi connectivity index (χ0n) is 16.7. The van der Waals surface area contributed by atoms with Gasteiger partial charge in [-0.05, 0) is 42.5 Å². The Morgan fingerprint density at radius 3 is 2.47 bits per heavy atom. The molecule has 3 rings (SSSR count). The summed E-state index contributed by atoms with van der Waals surface area (Å²) < 4.78 is 31.1. The Morgan fingerprint density at radius 1 is 1.17 bits per heavy atom. The number of sulfone groups is 1. The van der Waals surface area contributed by atoms with Gasteiger partial charge >= 0.3 is 0 Å². The molecule has 2 aromatic carbocycles. The van der Waals surface area contributed by atoms with E-state index in [9.17, 15) is 18.0 Å². The smallest absolute Gasteiger partial charge is 0.279 e. The van der Waals surface area contributed by atoms with Gasteiger partial charge in [-0.15, -0.1) is 0 Å². The van der Waals surface area contributed by atoms with E-state index in [0.29, 0.717) is 23.6 Å². The molecule has 10 heteroatoms. The number of hydrogen-bond acceptors (Lipinski definition) is 6. The Balaban J connectivity index is 2.04. The molecule has 0 saturated heterocycles. The van der Waals surface area contributed by atoms with Gasteiger partial charge in [-0.3, -0.25) is 9.59 Å². The monoisotopic (exact) mass is 447 g/mol. The van der Waals surface area contributed by atoms with Gasteiger partial charge in [0.1, 0.15) is 0 Å². The number of methoxy groups -OCH3 is 1. The van der Waals surface area contributed by atoms with Gasteiger partial charge in [0, 0.05) is 38.1 Å². The number of hydrogen-bond donors (Lipinski definition) is 1. The van der Waals surface area contributed by atoms with E-state index in [4.69, 9.17) is 4.74 Å². The SMILES string of the molecule is COCCn1c(=NC(=O)c2ccc(S(C)(=O)=O)cc2)sc2cc(NC(C)=O)ccc21. The highest BCUT2D eigenvalue weighted by atomic mass is 32.2. The second-order valence-electron chi connectivity index (χ2n) is 6.61. The van der Waals surface area contributed by atoms with Crippen LogP contribution in [0.15, 0.2) is 52.4 Å². The van der Waals surface area contributed by atoms with Crippen molar-refractivity contribution >= 4 is 48.9 Å². The maximum atomic E-state index is 12.7. The van der Waals surface area contributed by atoms with E-state index in [2.05, 4.69) is 10.3 Å². The summed E-state index contributed by atoms with van der Waals surface area (Å²) in [5, 5.41) is 2.74. The first kappa shape index (κ1) is 21.9. The van der Waals surface area contributed by atoms with Crippen LogP contribution in [0.3, 0.4) is 0 Å².